The van der Waals surface area contributed by atoms with E-state index in [1.807, 2.05) is 18.5 Å². The molecule has 1 saturated carbocycles. The quantitative estimate of drug-likeness (QED) is 0.890. The fraction of sp³-hybridized carbons (Fsp3) is 0.643. The normalized spacial score (nSPS) is 26.7. The van der Waals surface area contributed by atoms with E-state index < -0.39 is 0 Å². The Kier molecular flexibility index (Phi) is 4.86. The summed E-state index contributed by atoms with van der Waals surface area (Å²) in [6.07, 6.45) is 9.26. The molecule has 0 radical (unpaired) electrons. The molecule has 0 amide bonds. The highest BCUT2D eigenvalue weighted by Crippen LogP contribution is 2.39. The van der Waals surface area contributed by atoms with Gasteiger partial charge in [-0.15, -0.1) is 11.8 Å². The molecular formula is C14H22N2S. The highest BCUT2D eigenvalue weighted by Gasteiger charge is 2.23. The predicted octanol–water partition coefficient (Wildman–Crippen LogP) is 3.39. The molecule has 0 aromatic carbocycles. The lowest BCUT2D eigenvalue weighted by atomic mass is 9.91. The van der Waals surface area contributed by atoms with Gasteiger partial charge in [0.1, 0.15) is 0 Å². The Morgan fingerprint density at radius 1 is 1.53 bits per heavy atom. The summed E-state index contributed by atoms with van der Waals surface area (Å²) in [5, 5.41) is 1.20. The number of aromatic nitrogens is 1. The number of rotatable bonds is 4. The van der Waals surface area contributed by atoms with Crippen molar-refractivity contribution in [2.24, 2.45) is 11.7 Å². The van der Waals surface area contributed by atoms with E-state index in [-0.39, 0.29) is 0 Å². The zero-order valence-corrected chi connectivity index (χ0v) is 11.3. The zero-order valence-electron chi connectivity index (χ0n) is 10.5. The molecule has 1 aliphatic rings. The standard InChI is InChI=1S/C14H22N2S/c1-11-4-2-6-13(8-11)17-14(9-15)12-5-3-7-16-10-12/h3,5,7,10-11,13-14H,2,4,6,8-9,15H2,1H3. The summed E-state index contributed by atoms with van der Waals surface area (Å²) in [5.74, 6) is 0.883. The van der Waals surface area contributed by atoms with E-state index in [2.05, 4.69) is 29.7 Å². The number of nitrogens with two attached hydrogens (primary N) is 1. The van der Waals surface area contributed by atoms with Crippen LogP contribution in [0.5, 0.6) is 0 Å². The molecule has 0 saturated heterocycles. The van der Waals surface area contributed by atoms with Crippen molar-refractivity contribution in [2.75, 3.05) is 6.54 Å². The highest BCUT2D eigenvalue weighted by atomic mass is 32.2. The average molecular weight is 250 g/mol. The monoisotopic (exact) mass is 250 g/mol. The van der Waals surface area contributed by atoms with E-state index in [1.54, 1.807) is 0 Å². The van der Waals surface area contributed by atoms with E-state index in [4.69, 9.17) is 5.73 Å². The van der Waals surface area contributed by atoms with Crippen molar-refractivity contribution >= 4 is 11.8 Å². The van der Waals surface area contributed by atoms with Crippen molar-refractivity contribution in [3.05, 3.63) is 30.1 Å². The summed E-state index contributed by atoms with van der Waals surface area (Å²) in [4.78, 5) is 4.19. The van der Waals surface area contributed by atoms with Crippen molar-refractivity contribution in [1.29, 1.82) is 0 Å². The molecule has 2 nitrogen and oxygen atoms in total. The Morgan fingerprint density at radius 3 is 3.06 bits per heavy atom. The van der Waals surface area contributed by atoms with Crippen LogP contribution < -0.4 is 5.73 Å². The maximum Gasteiger partial charge on any atom is 0.0437 e. The van der Waals surface area contributed by atoms with Crippen LogP contribution in [-0.4, -0.2) is 16.8 Å². The molecule has 1 heterocycles. The van der Waals surface area contributed by atoms with Crippen LogP contribution in [-0.2, 0) is 0 Å². The van der Waals surface area contributed by atoms with Crippen LogP contribution in [0.15, 0.2) is 24.5 Å². The number of hydrogen-bond acceptors (Lipinski definition) is 3. The fourth-order valence-corrected chi connectivity index (χ4v) is 4.19. The molecule has 3 unspecified atom stereocenters. The minimum atomic E-state index is 0.416. The first-order chi connectivity index (χ1) is 8.29. The van der Waals surface area contributed by atoms with Crippen LogP contribution in [0.3, 0.4) is 0 Å². The molecule has 3 heteroatoms. The van der Waals surface area contributed by atoms with Gasteiger partial charge in [-0.1, -0.05) is 25.8 Å². The van der Waals surface area contributed by atoms with Crippen molar-refractivity contribution in [3.63, 3.8) is 0 Å². The molecule has 0 bridgehead atoms. The number of pyridine rings is 1. The Balaban J connectivity index is 1.95. The van der Waals surface area contributed by atoms with E-state index in [0.717, 1.165) is 11.2 Å². The molecular weight excluding hydrogens is 228 g/mol. The van der Waals surface area contributed by atoms with Crippen molar-refractivity contribution < 1.29 is 0 Å². The molecule has 1 aromatic heterocycles. The SMILES string of the molecule is CC1CCCC(SC(CN)c2cccnc2)C1. The maximum atomic E-state index is 5.91. The Morgan fingerprint density at radius 2 is 2.41 bits per heavy atom. The first-order valence-corrected chi connectivity index (χ1v) is 7.49. The summed E-state index contributed by atoms with van der Waals surface area (Å²) in [6.45, 7) is 3.08. The Hall–Kier alpha value is -0.540. The molecule has 2 rings (SSSR count). The predicted molar refractivity (Wildman–Crippen MR) is 75.0 cm³/mol. The van der Waals surface area contributed by atoms with E-state index in [1.165, 1.54) is 31.2 Å². The van der Waals surface area contributed by atoms with Gasteiger partial charge in [-0.3, -0.25) is 4.98 Å². The largest absolute Gasteiger partial charge is 0.329 e. The summed E-state index contributed by atoms with van der Waals surface area (Å²) >= 11 is 2.06. The van der Waals surface area contributed by atoms with E-state index >= 15 is 0 Å². The molecule has 2 N–H and O–H groups in total. The molecule has 1 fully saturated rings. The smallest absolute Gasteiger partial charge is 0.0437 e. The molecule has 1 aliphatic carbocycles. The first-order valence-electron chi connectivity index (χ1n) is 6.55. The molecule has 0 spiro atoms. The third kappa shape index (κ3) is 3.71. The number of hydrogen-bond donors (Lipinski definition) is 1. The summed E-state index contributed by atoms with van der Waals surface area (Å²) in [7, 11) is 0. The fourth-order valence-electron chi connectivity index (χ4n) is 2.57. The van der Waals surface area contributed by atoms with Crippen LogP contribution in [0.2, 0.25) is 0 Å². The molecule has 17 heavy (non-hydrogen) atoms. The topological polar surface area (TPSA) is 38.9 Å². The van der Waals surface area contributed by atoms with Gasteiger partial charge in [0.15, 0.2) is 0 Å². The molecule has 94 valence electrons. The van der Waals surface area contributed by atoms with Crippen LogP contribution in [0, 0.1) is 5.92 Å². The van der Waals surface area contributed by atoms with Gasteiger partial charge < -0.3 is 5.73 Å². The van der Waals surface area contributed by atoms with Gasteiger partial charge in [-0.05, 0) is 30.4 Å². The van der Waals surface area contributed by atoms with Gasteiger partial charge in [-0.25, -0.2) is 0 Å². The molecule has 3 atom stereocenters. The van der Waals surface area contributed by atoms with Crippen molar-refractivity contribution in [1.82, 2.24) is 4.98 Å². The molecule has 0 aliphatic heterocycles. The molecule has 1 aromatic rings. The van der Waals surface area contributed by atoms with Crippen molar-refractivity contribution in [2.45, 2.75) is 43.1 Å². The summed E-state index contributed by atoms with van der Waals surface area (Å²) in [6, 6.07) is 4.14. The minimum Gasteiger partial charge on any atom is -0.329 e. The average Bonchev–Trinajstić information content (AvgIpc) is 2.37. The summed E-state index contributed by atoms with van der Waals surface area (Å²) in [5.41, 5.74) is 7.18. The second kappa shape index (κ2) is 6.41. The van der Waals surface area contributed by atoms with E-state index in [9.17, 15) is 0 Å². The third-order valence-corrected chi connectivity index (χ3v) is 5.12. The lowest BCUT2D eigenvalue weighted by molar-refractivity contribution is 0.393. The number of nitrogens with zero attached hydrogens (tertiary/aromatic N) is 1. The second-order valence-corrected chi connectivity index (χ2v) is 6.55. The highest BCUT2D eigenvalue weighted by molar-refractivity contribution is 8.00. The second-order valence-electron chi connectivity index (χ2n) is 5.04. The Bertz CT molecular complexity index is 328. The minimum absolute atomic E-state index is 0.416. The third-order valence-electron chi connectivity index (χ3n) is 3.52. The van der Waals surface area contributed by atoms with Gasteiger partial charge in [0.05, 0.1) is 0 Å². The lowest BCUT2D eigenvalue weighted by Crippen LogP contribution is -2.19. The van der Waals surface area contributed by atoms with Crippen LogP contribution >= 0.6 is 11.8 Å². The van der Waals surface area contributed by atoms with Gasteiger partial charge in [0.25, 0.3) is 0 Å². The van der Waals surface area contributed by atoms with Crippen LogP contribution in [0.4, 0.5) is 0 Å². The van der Waals surface area contributed by atoms with Crippen LogP contribution in [0.25, 0.3) is 0 Å². The van der Waals surface area contributed by atoms with Gasteiger partial charge >= 0.3 is 0 Å². The van der Waals surface area contributed by atoms with E-state index in [0.29, 0.717) is 11.8 Å². The van der Waals surface area contributed by atoms with Gasteiger partial charge in [0.2, 0.25) is 0 Å². The van der Waals surface area contributed by atoms with Crippen LogP contribution in [0.1, 0.15) is 43.4 Å². The summed E-state index contributed by atoms with van der Waals surface area (Å²) < 4.78 is 0. The van der Waals surface area contributed by atoms with Gasteiger partial charge in [0, 0.05) is 29.4 Å². The Labute approximate surface area is 108 Å². The maximum absolute atomic E-state index is 5.91. The van der Waals surface area contributed by atoms with Gasteiger partial charge in [-0.2, -0.15) is 0 Å². The number of thioether (sulfide) groups is 1. The van der Waals surface area contributed by atoms with Crippen molar-refractivity contribution in [3.8, 4) is 0 Å². The lowest BCUT2D eigenvalue weighted by Gasteiger charge is -2.29. The zero-order chi connectivity index (χ0) is 12.1. The first kappa shape index (κ1) is 12.9.